The molecule has 2 aromatic carbocycles. The van der Waals surface area contributed by atoms with Crippen molar-refractivity contribution in [2.24, 2.45) is 0 Å². The lowest BCUT2D eigenvalue weighted by atomic mass is 10.0. The lowest BCUT2D eigenvalue weighted by Gasteiger charge is -2.21. The first kappa shape index (κ1) is 29.1. The summed E-state index contributed by atoms with van der Waals surface area (Å²) in [5, 5.41) is 10.1. The Morgan fingerprint density at radius 1 is 0.692 bits per heavy atom. The molecule has 0 spiro atoms. The zero-order chi connectivity index (χ0) is 28.2. The fourth-order valence-corrected chi connectivity index (χ4v) is 3.78. The van der Waals surface area contributed by atoms with Gasteiger partial charge in [0, 0.05) is 46.1 Å². The van der Waals surface area contributed by atoms with Gasteiger partial charge in [0.2, 0.25) is 0 Å². The third-order valence-corrected chi connectivity index (χ3v) is 5.92. The summed E-state index contributed by atoms with van der Waals surface area (Å²) in [6.45, 7) is 0. The zero-order valence-corrected chi connectivity index (χ0v) is 22.2. The Morgan fingerprint density at radius 2 is 1.13 bits per heavy atom. The maximum absolute atomic E-state index is 12.1. The van der Waals surface area contributed by atoms with Crippen molar-refractivity contribution in [3.8, 4) is 22.3 Å². The number of pyridine rings is 2. The first-order chi connectivity index (χ1) is 18.9. The number of aliphatic carboxylic acids is 1. The molecule has 9 heteroatoms. The molecule has 2 atom stereocenters. The molecule has 39 heavy (non-hydrogen) atoms. The van der Waals surface area contributed by atoms with Crippen molar-refractivity contribution in [3.05, 3.63) is 109 Å². The Morgan fingerprint density at radius 3 is 1.46 bits per heavy atom. The summed E-state index contributed by atoms with van der Waals surface area (Å²) in [5.74, 6) is -1.25. The summed E-state index contributed by atoms with van der Waals surface area (Å²) < 4.78 is 10.2. The molecule has 0 aliphatic carbocycles. The Balaban J connectivity index is 0.000000218. The number of aromatic nitrogens is 2. The van der Waals surface area contributed by atoms with Crippen LogP contribution < -0.4 is 0 Å². The number of rotatable bonds is 9. The van der Waals surface area contributed by atoms with Crippen LogP contribution in [0.4, 0.5) is 0 Å². The lowest BCUT2D eigenvalue weighted by Crippen LogP contribution is -2.31. The first-order valence-corrected chi connectivity index (χ1v) is 12.0. The number of carboxylic acids is 1. The smallest absolute Gasteiger partial charge is 0.337 e. The topological polar surface area (TPSA) is 111 Å². The number of nitrogens with zero attached hydrogens (tertiary/aromatic N) is 3. The Bertz CT molecular complexity index is 1320. The Labute approximate surface area is 227 Å². The number of hydrogen-bond acceptors (Lipinski definition) is 7. The number of methoxy groups -OCH3 is 2. The van der Waals surface area contributed by atoms with Crippen LogP contribution in [-0.4, -0.2) is 60.4 Å². The largest absolute Gasteiger partial charge is 0.479 e. The molecule has 2 aromatic heterocycles. The molecule has 0 fully saturated rings. The molecule has 0 bridgehead atoms. The van der Waals surface area contributed by atoms with Gasteiger partial charge in [-0.15, -0.1) is 0 Å². The van der Waals surface area contributed by atoms with E-state index in [2.05, 4.69) is 9.97 Å². The number of hydrogen-bond donors (Lipinski definition) is 1. The monoisotopic (exact) mass is 529 g/mol. The van der Waals surface area contributed by atoms with Gasteiger partial charge in [-0.3, -0.25) is 19.6 Å². The molecule has 1 N–H and O–H groups in total. The number of carboxylic acid groups (broad SMARTS) is 1. The van der Waals surface area contributed by atoms with Gasteiger partial charge in [0.15, 0.2) is 12.2 Å². The van der Waals surface area contributed by atoms with E-state index in [-0.39, 0.29) is 5.91 Å². The highest BCUT2D eigenvalue weighted by molar-refractivity contribution is 5.81. The first-order valence-electron chi connectivity index (χ1n) is 12.0. The molecular formula is C30H31N3O6. The van der Waals surface area contributed by atoms with Crippen molar-refractivity contribution in [2.45, 2.75) is 12.2 Å². The molecule has 0 aliphatic rings. The van der Waals surface area contributed by atoms with Crippen LogP contribution in [0.15, 0.2) is 97.6 Å². The van der Waals surface area contributed by atoms with Gasteiger partial charge in [0.25, 0.3) is 5.91 Å². The molecular weight excluding hydrogens is 498 g/mol. The van der Waals surface area contributed by atoms with Gasteiger partial charge in [-0.2, -0.15) is 0 Å². The minimum Gasteiger partial charge on any atom is -0.479 e. The van der Waals surface area contributed by atoms with Crippen LogP contribution in [0.2, 0.25) is 0 Å². The number of carbonyl (C=O) groups excluding carboxylic acids is 1. The molecule has 1 amide bonds. The van der Waals surface area contributed by atoms with E-state index in [0.717, 1.165) is 32.9 Å². The number of carbonyl (C=O) groups is 2. The van der Waals surface area contributed by atoms with Crippen LogP contribution in [0.25, 0.3) is 22.3 Å². The maximum Gasteiger partial charge on any atom is 0.337 e. The van der Waals surface area contributed by atoms with Crippen molar-refractivity contribution in [3.63, 3.8) is 0 Å². The second kappa shape index (κ2) is 14.5. The summed E-state index contributed by atoms with van der Waals surface area (Å²) in [5.41, 5.74) is 5.45. The molecule has 9 nitrogen and oxygen atoms in total. The van der Waals surface area contributed by atoms with Crippen LogP contribution in [-0.2, 0) is 23.9 Å². The predicted octanol–water partition coefficient (Wildman–Crippen LogP) is 4.98. The van der Waals surface area contributed by atoms with E-state index < -0.39 is 18.2 Å². The molecule has 4 aromatic rings. The van der Waals surface area contributed by atoms with E-state index in [0.29, 0.717) is 5.56 Å². The van der Waals surface area contributed by atoms with Crippen LogP contribution in [0.1, 0.15) is 23.3 Å². The summed E-state index contributed by atoms with van der Waals surface area (Å²) >= 11 is 0. The Hall–Kier alpha value is -4.44. The van der Waals surface area contributed by atoms with Crippen molar-refractivity contribution in [2.75, 3.05) is 28.4 Å². The van der Waals surface area contributed by atoms with Gasteiger partial charge < -0.3 is 14.6 Å². The second-order valence-corrected chi connectivity index (χ2v) is 8.32. The predicted molar refractivity (Wildman–Crippen MR) is 146 cm³/mol. The fourth-order valence-electron chi connectivity index (χ4n) is 3.78. The van der Waals surface area contributed by atoms with E-state index >= 15 is 0 Å². The minimum atomic E-state index is -0.994. The van der Waals surface area contributed by atoms with Crippen molar-refractivity contribution < 1.29 is 29.0 Å². The normalized spacial score (nSPS) is 12.0. The standard InChI is InChI=1S/C16H18N2O3.C14H13NO3/c1-18(21-3)16(19)15(20-2)13-8-6-12(7-9-13)14-5-4-10-17-11-14;1-18-13(14(16)17)11-6-4-10(5-7-11)12-3-2-8-15-9-12/h4-11,15H,1-3H3;2-9,13H,1H3,(H,16,17). The molecule has 0 saturated heterocycles. The van der Waals surface area contributed by atoms with Gasteiger partial charge in [-0.25, -0.2) is 9.86 Å². The average molecular weight is 530 g/mol. The molecule has 2 unspecified atom stereocenters. The second-order valence-electron chi connectivity index (χ2n) is 8.32. The molecule has 0 aliphatic heterocycles. The number of ether oxygens (including phenoxy) is 2. The van der Waals surface area contributed by atoms with Crippen LogP contribution in [0.5, 0.6) is 0 Å². The van der Waals surface area contributed by atoms with E-state index in [4.69, 9.17) is 19.4 Å². The van der Waals surface area contributed by atoms with Gasteiger partial charge in [-0.1, -0.05) is 60.7 Å². The molecule has 202 valence electrons. The third kappa shape index (κ3) is 7.78. The van der Waals surface area contributed by atoms with Crippen molar-refractivity contribution >= 4 is 11.9 Å². The van der Waals surface area contributed by atoms with Gasteiger partial charge in [0.05, 0.1) is 7.11 Å². The number of hydroxylamine groups is 2. The number of likely N-dealkylation sites (N-methyl/N-ethyl adjacent to an activating group) is 1. The van der Waals surface area contributed by atoms with E-state index in [1.807, 2.05) is 60.7 Å². The summed E-state index contributed by atoms with van der Waals surface area (Å²) in [6.07, 6.45) is 5.40. The summed E-state index contributed by atoms with van der Waals surface area (Å²) in [7, 11) is 5.88. The van der Waals surface area contributed by atoms with Crippen LogP contribution in [0.3, 0.4) is 0 Å². The molecule has 0 saturated carbocycles. The van der Waals surface area contributed by atoms with Gasteiger partial charge in [-0.05, 0) is 45.5 Å². The van der Waals surface area contributed by atoms with Crippen LogP contribution >= 0.6 is 0 Å². The van der Waals surface area contributed by atoms with Gasteiger partial charge >= 0.3 is 5.97 Å². The van der Waals surface area contributed by atoms with Crippen LogP contribution in [0, 0.1) is 0 Å². The third-order valence-electron chi connectivity index (χ3n) is 5.92. The van der Waals surface area contributed by atoms with Crippen molar-refractivity contribution in [1.82, 2.24) is 15.0 Å². The molecule has 0 radical (unpaired) electrons. The summed E-state index contributed by atoms with van der Waals surface area (Å²) in [4.78, 5) is 36.1. The quantitative estimate of drug-likeness (QED) is 0.302. The highest BCUT2D eigenvalue weighted by Gasteiger charge is 2.24. The Kier molecular flexibility index (Phi) is 10.8. The minimum absolute atomic E-state index is 0.255. The summed E-state index contributed by atoms with van der Waals surface area (Å²) in [6, 6.07) is 22.5. The highest BCUT2D eigenvalue weighted by Crippen LogP contribution is 2.25. The zero-order valence-electron chi connectivity index (χ0n) is 22.2. The fraction of sp³-hybridized carbons (Fsp3) is 0.200. The SMILES string of the molecule is COC(C(=O)N(C)OC)c1ccc(-c2cccnc2)cc1.COC(C(=O)O)c1ccc(-c2cccnc2)cc1. The molecule has 2 heterocycles. The van der Waals surface area contributed by atoms with Gasteiger partial charge in [0.1, 0.15) is 0 Å². The molecule has 4 rings (SSSR count). The number of amides is 1. The maximum atomic E-state index is 12.1. The van der Waals surface area contributed by atoms with Crippen molar-refractivity contribution in [1.29, 1.82) is 0 Å². The van der Waals surface area contributed by atoms with E-state index in [9.17, 15) is 9.59 Å². The van der Waals surface area contributed by atoms with E-state index in [1.54, 1.807) is 44.0 Å². The highest BCUT2D eigenvalue weighted by atomic mass is 16.7. The van der Waals surface area contributed by atoms with E-state index in [1.165, 1.54) is 21.3 Å². The number of benzene rings is 2. The lowest BCUT2D eigenvalue weighted by molar-refractivity contribution is -0.179. The average Bonchev–Trinajstić information content (AvgIpc) is 2.99.